The van der Waals surface area contributed by atoms with Crippen LogP contribution in [0.15, 0.2) is 22.7 Å². The summed E-state index contributed by atoms with van der Waals surface area (Å²) < 4.78 is 0.907. The van der Waals surface area contributed by atoms with Crippen LogP contribution in [0.25, 0.3) is 0 Å². The van der Waals surface area contributed by atoms with Crippen LogP contribution in [0, 0.1) is 0 Å². The van der Waals surface area contributed by atoms with Gasteiger partial charge in [0.25, 0.3) is 0 Å². The molecular weight excluding hydrogens is 253 g/mol. The molecule has 0 radical (unpaired) electrons. The molecule has 0 atom stereocenters. The molecule has 0 aromatic heterocycles. The minimum absolute atomic E-state index is 0.661. The van der Waals surface area contributed by atoms with E-state index >= 15 is 0 Å². The van der Waals surface area contributed by atoms with Gasteiger partial charge in [-0.05, 0) is 40.5 Å². The molecule has 0 spiro atoms. The lowest BCUT2D eigenvalue weighted by Gasteiger charge is -2.04. The standard InChI is InChI=1S/C9H11BrClNO/c1-2-13-12-6-7-3-4-9(11)8(10)5-7/h3-5,12H,2,6H2,1H3. The highest BCUT2D eigenvalue weighted by molar-refractivity contribution is 9.10. The van der Waals surface area contributed by atoms with Crippen molar-refractivity contribution in [1.29, 1.82) is 0 Å². The van der Waals surface area contributed by atoms with Gasteiger partial charge in [-0.3, -0.25) is 0 Å². The average molecular weight is 265 g/mol. The molecule has 1 aromatic rings. The molecule has 0 unspecified atom stereocenters. The smallest absolute Gasteiger partial charge is 0.0654 e. The molecule has 1 rings (SSSR count). The summed E-state index contributed by atoms with van der Waals surface area (Å²) in [6.07, 6.45) is 0. The number of hydrogen-bond acceptors (Lipinski definition) is 2. The van der Waals surface area contributed by atoms with Crippen molar-refractivity contribution < 1.29 is 4.84 Å². The maximum atomic E-state index is 5.84. The Morgan fingerprint density at radius 2 is 2.31 bits per heavy atom. The van der Waals surface area contributed by atoms with Crippen LogP contribution in [0.5, 0.6) is 0 Å². The number of rotatable bonds is 4. The van der Waals surface area contributed by atoms with Crippen LogP contribution in [0.4, 0.5) is 0 Å². The lowest BCUT2D eigenvalue weighted by molar-refractivity contribution is 0.0463. The van der Waals surface area contributed by atoms with Crippen molar-refractivity contribution >= 4 is 27.5 Å². The Labute approximate surface area is 91.3 Å². The summed E-state index contributed by atoms with van der Waals surface area (Å²) in [6, 6.07) is 5.78. The molecule has 13 heavy (non-hydrogen) atoms. The van der Waals surface area contributed by atoms with Gasteiger partial charge in [0, 0.05) is 11.0 Å². The third kappa shape index (κ3) is 3.65. The van der Waals surface area contributed by atoms with Gasteiger partial charge in [-0.15, -0.1) is 0 Å². The molecule has 0 bridgehead atoms. The van der Waals surface area contributed by atoms with E-state index in [-0.39, 0.29) is 0 Å². The molecule has 0 fully saturated rings. The Morgan fingerprint density at radius 3 is 2.92 bits per heavy atom. The molecule has 0 aliphatic carbocycles. The largest absolute Gasteiger partial charge is 0.302 e. The fourth-order valence-corrected chi connectivity index (χ4v) is 1.43. The van der Waals surface area contributed by atoms with Gasteiger partial charge in [-0.2, -0.15) is 5.48 Å². The van der Waals surface area contributed by atoms with E-state index in [9.17, 15) is 0 Å². The number of hydroxylamine groups is 1. The van der Waals surface area contributed by atoms with Crippen molar-refractivity contribution in [2.45, 2.75) is 13.5 Å². The summed E-state index contributed by atoms with van der Waals surface area (Å²) in [6.45, 7) is 3.28. The third-order valence-corrected chi connectivity index (χ3v) is 2.72. The summed E-state index contributed by atoms with van der Waals surface area (Å²) in [7, 11) is 0. The number of nitrogens with one attached hydrogen (secondary N) is 1. The first kappa shape index (κ1) is 11.0. The molecule has 0 saturated carbocycles. The van der Waals surface area contributed by atoms with Crippen molar-refractivity contribution in [2.24, 2.45) is 0 Å². The Morgan fingerprint density at radius 1 is 1.54 bits per heavy atom. The van der Waals surface area contributed by atoms with Crippen molar-refractivity contribution in [3.05, 3.63) is 33.3 Å². The van der Waals surface area contributed by atoms with Crippen LogP contribution in [-0.2, 0) is 11.4 Å². The maximum absolute atomic E-state index is 5.84. The lowest BCUT2D eigenvalue weighted by atomic mass is 10.2. The molecule has 1 N–H and O–H groups in total. The van der Waals surface area contributed by atoms with E-state index in [1.807, 2.05) is 25.1 Å². The van der Waals surface area contributed by atoms with Crippen molar-refractivity contribution in [2.75, 3.05) is 6.61 Å². The van der Waals surface area contributed by atoms with E-state index in [2.05, 4.69) is 21.4 Å². The van der Waals surface area contributed by atoms with Gasteiger partial charge in [0.2, 0.25) is 0 Å². The quantitative estimate of drug-likeness (QED) is 0.666. The van der Waals surface area contributed by atoms with E-state index in [0.717, 1.165) is 15.1 Å². The number of hydrogen-bond donors (Lipinski definition) is 1. The predicted octanol–water partition coefficient (Wildman–Crippen LogP) is 3.14. The zero-order valence-electron chi connectivity index (χ0n) is 7.31. The van der Waals surface area contributed by atoms with E-state index in [0.29, 0.717) is 13.2 Å². The highest BCUT2D eigenvalue weighted by Gasteiger charge is 1.98. The van der Waals surface area contributed by atoms with E-state index in [1.54, 1.807) is 0 Å². The number of benzene rings is 1. The predicted molar refractivity (Wildman–Crippen MR) is 57.6 cm³/mol. The Balaban J connectivity index is 2.53. The van der Waals surface area contributed by atoms with Gasteiger partial charge in [0.15, 0.2) is 0 Å². The zero-order chi connectivity index (χ0) is 9.68. The average Bonchev–Trinajstić information content (AvgIpc) is 2.12. The molecular formula is C9H11BrClNO. The second-order valence-electron chi connectivity index (χ2n) is 2.50. The first-order valence-corrected chi connectivity index (χ1v) is 5.19. The minimum Gasteiger partial charge on any atom is -0.302 e. The third-order valence-electron chi connectivity index (χ3n) is 1.51. The Kier molecular flexibility index (Phi) is 4.73. The highest BCUT2D eigenvalue weighted by Crippen LogP contribution is 2.22. The molecule has 0 amide bonds. The van der Waals surface area contributed by atoms with Gasteiger partial charge >= 0.3 is 0 Å². The zero-order valence-corrected chi connectivity index (χ0v) is 9.65. The highest BCUT2D eigenvalue weighted by atomic mass is 79.9. The van der Waals surface area contributed by atoms with Crippen LogP contribution < -0.4 is 5.48 Å². The second kappa shape index (κ2) is 5.60. The first-order valence-electron chi connectivity index (χ1n) is 4.02. The summed E-state index contributed by atoms with van der Waals surface area (Å²) in [4.78, 5) is 5.01. The number of halogens is 2. The molecule has 0 heterocycles. The van der Waals surface area contributed by atoms with Gasteiger partial charge in [0.1, 0.15) is 0 Å². The van der Waals surface area contributed by atoms with Crippen LogP contribution in [0.2, 0.25) is 5.02 Å². The fourth-order valence-electron chi connectivity index (χ4n) is 0.886. The lowest BCUT2D eigenvalue weighted by Crippen LogP contribution is -2.13. The summed E-state index contributed by atoms with van der Waals surface area (Å²) in [5.41, 5.74) is 3.96. The van der Waals surface area contributed by atoms with Crippen LogP contribution in [-0.4, -0.2) is 6.61 Å². The van der Waals surface area contributed by atoms with Crippen molar-refractivity contribution in [3.8, 4) is 0 Å². The SMILES string of the molecule is CCONCc1ccc(Cl)c(Br)c1. The van der Waals surface area contributed by atoms with Gasteiger partial charge in [-0.25, -0.2) is 0 Å². The fraction of sp³-hybridized carbons (Fsp3) is 0.333. The molecule has 0 aliphatic heterocycles. The molecule has 4 heteroatoms. The molecule has 0 saturated heterocycles. The Bertz CT molecular complexity index is 280. The van der Waals surface area contributed by atoms with E-state index < -0.39 is 0 Å². The van der Waals surface area contributed by atoms with E-state index in [1.165, 1.54) is 0 Å². The maximum Gasteiger partial charge on any atom is 0.0654 e. The molecule has 1 aromatic carbocycles. The van der Waals surface area contributed by atoms with Crippen LogP contribution >= 0.6 is 27.5 Å². The van der Waals surface area contributed by atoms with Crippen LogP contribution in [0.1, 0.15) is 12.5 Å². The van der Waals surface area contributed by atoms with Crippen molar-refractivity contribution in [1.82, 2.24) is 5.48 Å². The van der Waals surface area contributed by atoms with Crippen LogP contribution in [0.3, 0.4) is 0 Å². The van der Waals surface area contributed by atoms with Gasteiger partial charge in [0.05, 0.1) is 11.6 Å². The second-order valence-corrected chi connectivity index (χ2v) is 3.76. The van der Waals surface area contributed by atoms with E-state index in [4.69, 9.17) is 16.4 Å². The van der Waals surface area contributed by atoms with Crippen molar-refractivity contribution in [3.63, 3.8) is 0 Å². The van der Waals surface area contributed by atoms with Gasteiger partial charge in [-0.1, -0.05) is 17.7 Å². The monoisotopic (exact) mass is 263 g/mol. The molecule has 72 valence electrons. The topological polar surface area (TPSA) is 21.3 Å². The molecule has 0 aliphatic rings. The van der Waals surface area contributed by atoms with Gasteiger partial charge < -0.3 is 4.84 Å². The first-order chi connectivity index (χ1) is 6.24. The Hall–Kier alpha value is -0.0900. The summed E-state index contributed by atoms with van der Waals surface area (Å²) in [5, 5.41) is 0.722. The summed E-state index contributed by atoms with van der Waals surface area (Å²) in [5.74, 6) is 0. The molecule has 2 nitrogen and oxygen atoms in total. The normalized spacial score (nSPS) is 10.4. The summed E-state index contributed by atoms with van der Waals surface area (Å²) >= 11 is 9.20. The minimum atomic E-state index is 0.661.